The molecule has 0 aliphatic carbocycles. The third-order valence-electron chi connectivity index (χ3n) is 2.89. The van der Waals surface area contributed by atoms with Crippen LogP contribution in [0, 0.1) is 0 Å². The molecule has 0 spiro atoms. The van der Waals surface area contributed by atoms with E-state index in [1.54, 1.807) is 7.11 Å². The van der Waals surface area contributed by atoms with Crippen molar-refractivity contribution >= 4 is 0 Å². The van der Waals surface area contributed by atoms with Gasteiger partial charge in [-0.05, 0) is 17.7 Å². The summed E-state index contributed by atoms with van der Waals surface area (Å²) in [7, 11) is 4.65. The number of hydrogen-bond donors (Lipinski definition) is 1. The predicted octanol–water partition coefficient (Wildman–Crippen LogP) is 1.55. The van der Waals surface area contributed by atoms with E-state index < -0.39 is 6.04 Å². The zero-order chi connectivity index (χ0) is 14.5. The highest BCUT2D eigenvalue weighted by Gasteiger charge is 2.18. The van der Waals surface area contributed by atoms with Crippen molar-refractivity contribution in [3.63, 3.8) is 0 Å². The summed E-state index contributed by atoms with van der Waals surface area (Å²) in [4.78, 5) is 8.45. The fraction of sp³-hybridized carbons (Fsp3) is 0.286. The highest BCUT2D eigenvalue weighted by atomic mass is 16.5. The molecule has 0 amide bonds. The molecule has 2 aromatic rings. The monoisotopic (exact) mass is 275 g/mol. The van der Waals surface area contributed by atoms with Crippen molar-refractivity contribution in [1.82, 2.24) is 9.97 Å². The molecule has 106 valence electrons. The molecule has 6 nitrogen and oxygen atoms in total. The summed E-state index contributed by atoms with van der Waals surface area (Å²) in [5.74, 6) is 1.46. The molecule has 2 rings (SSSR count). The molecule has 1 heterocycles. The van der Waals surface area contributed by atoms with Gasteiger partial charge in [0.1, 0.15) is 11.4 Å². The number of aromatic nitrogens is 2. The van der Waals surface area contributed by atoms with Gasteiger partial charge in [-0.15, -0.1) is 0 Å². The van der Waals surface area contributed by atoms with Gasteiger partial charge in [0.05, 0.1) is 33.6 Å². The topological polar surface area (TPSA) is 79.5 Å². The van der Waals surface area contributed by atoms with Gasteiger partial charge in [-0.3, -0.25) is 0 Å². The summed E-state index contributed by atoms with van der Waals surface area (Å²) in [5.41, 5.74) is 7.64. The number of nitrogens with zero attached hydrogens (tertiary/aromatic N) is 2. The van der Waals surface area contributed by atoms with E-state index in [0.29, 0.717) is 17.5 Å². The SMILES string of the molecule is COc1cccc(C(N)c2ncc(OC)nc2OC)c1. The maximum Gasteiger partial charge on any atom is 0.240 e. The van der Waals surface area contributed by atoms with Crippen LogP contribution in [0.5, 0.6) is 17.5 Å². The number of nitrogens with two attached hydrogens (primary N) is 1. The number of hydrogen-bond acceptors (Lipinski definition) is 6. The zero-order valence-electron chi connectivity index (χ0n) is 11.7. The number of rotatable bonds is 5. The quantitative estimate of drug-likeness (QED) is 0.891. The first-order chi connectivity index (χ1) is 9.69. The maximum atomic E-state index is 6.23. The van der Waals surface area contributed by atoms with Crippen LogP contribution in [0.4, 0.5) is 0 Å². The van der Waals surface area contributed by atoms with Gasteiger partial charge in [0.25, 0.3) is 0 Å². The molecule has 0 saturated carbocycles. The summed E-state index contributed by atoms with van der Waals surface area (Å²) < 4.78 is 15.4. The highest BCUT2D eigenvalue weighted by Crippen LogP contribution is 2.28. The van der Waals surface area contributed by atoms with Crippen molar-refractivity contribution < 1.29 is 14.2 Å². The smallest absolute Gasteiger partial charge is 0.240 e. The second-order valence-corrected chi connectivity index (χ2v) is 4.06. The Morgan fingerprint density at radius 3 is 2.55 bits per heavy atom. The molecule has 1 unspecified atom stereocenters. The number of benzene rings is 1. The van der Waals surface area contributed by atoms with Crippen LogP contribution in [-0.4, -0.2) is 31.3 Å². The van der Waals surface area contributed by atoms with E-state index >= 15 is 0 Å². The van der Waals surface area contributed by atoms with Gasteiger partial charge in [-0.2, -0.15) is 4.98 Å². The van der Waals surface area contributed by atoms with Gasteiger partial charge < -0.3 is 19.9 Å². The van der Waals surface area contributed by atoms with E-state index in [1.165, 1.54) is 20.4 Å². The van der Waals surface area contributed by atoms with Crippen LogP contribution < -0.4 is 19.9 Å². The zero-order valence-corrected chi connectivity index (χ0v) is 11.7. The molecule has 1 aromatic carbocycles. The summed E-state index contributed by atoms with van der Waals surface area (Å²) in [5, 5.41) is 0. The normalized spacial score (nSPS) is 11.8. The van der Waals surface area contributed by atoms with Crippen molar-refractivity contribution in [3.05, 3.63) is 41.7 Å². The standard InChI is InChI=1S/C14H17N3O3/c1-18-10-6-4-5-9(7-10)12(15)13-14(20-3)17-11(19-2)8-16-13/h4-8,12H,15H2,1-3H3. The van der Waals surface area contributed by atoms with E-state index in [1.807, 2.05) is 24.3 Å². The Bertz CT molecular complexity index is 590. The van der Waals surface area contributed by atoms with Gasteiger partial charge in [0, 0.05) is 0 Å². The maximum absolute atomic E-state index is 6.23. The van der Waals surface area contributed by atoms with Crippen molar-refractivity contribution in [2.24, 2.45) is 5.73 Å². The van der Waals surface area contributed by atoms with Crippen LogP contribution in [0.2, 0.25) is 0 Å². The first-order valence-electron chi connectivity index (χ1n) is 6.04. The summed E-state index contributed by atoms with van der Waals surface area (Å²) in [6.45, 7) is 0. The Morgan fingerprint density at radius 2 is 1.90 bits per heavy atom. The van der Waals surface area contributed by atoms with Crippen LogP contribution in [0.15, 0.2) is 30.5 Å². The van der Waals surface area contributed by atoms with E-state index in [4.69, 9.17) is 19.9 Å². The second kappa shape index (κ2) is 6.21. The molecule has 0 radical (unpaired) electrons. The van der Waals surface area contributed by atoms with E-state index in [-0.39, 0.29) is 0 Å². The molecule has 6 heteroatoms. The number of ether oxygens (including phenoxy) is 3. The Kier molecular flexibility index (Phi) is 4.37. The second-order valence-electron chi connectivity index (χ2n) is 4.06. The summed E-state index contributed by atoms with van der Waals surface area (Å²) >= 11 is 0. The third kappa shape index (κ3) is 2.80. The molecule has 0 fully saturated rings. The average molecular weight is 275 g/mol. The summed E-state index contributed by atoms with van der Waals surface area (Å²) in [6.07, 6.45) is 1.51. The lowest BCUT2D eigenvalue weighted by Gasteiger charge is -2.15. The van der Waals surface area contributed by atoms with Gasteiger partial charge in [0.2, 0.25) is 11.8 Å². The molecule has 2 N–H and O–H groups in total. The Labute approximate surface area is 117 Å². The van der Waals surface area contributed by atoms with Gasteiger partial charge in [0.15, 0.2) is 0 Å². The van der Waals surface area contributed by atoms with Crippen LogP contribution in [-0.2, 0) is 0 Å². The average Bonchev–Trinajstić information content (AvgIpc) is 2.53. The molecule has 20 heavy (non-hydrogen) atoms. The van der Waals surface area contributed by atoms with Crippen LogP contribution in [0.3, 0.4) is 0 Å². The molecular formula is C14H17N3O3. The Morgan fingerprint density at radius 1 is 1.10 bits per heavy atom. The number of methoxy groups -OCH3 is 3. The lowest BCUT2D eigenvalue weighted by molar-refractivity contribution is 0.355. The van der Waals surface area contributed by atoms with Crippen molar-refractivity contribution in [3.8, 4) is 17.5 Å². The van der Waals surface area contributed by atoms with Crippen LogP contribution in [0.1, 0.15) is 17.3 Å². The lowest BCUT2D eigenvalue weighted by atomic mass is 10.0. The molecule has 0 saturated heterocycles. The molecule has 0 aliphatic heterocycles. The predicted molar refractivity (Wildman–Crippen MR) is 74.2 cm³/mol. The minimum Gasteiger partial charge on any atom is -0.497 e. The lowest BCUT2D eigenvalue weighted by Crippen LogP contribution is -2.15. The largest absolute Gasteiger partial charge is 0.497 e. The third-order valence-corrected chi connectivity index (χ3v) is 2.89. The van der Waals surface area contributed by atoms with E-state index in [2.05, 4.69) is 9.97 Å². The van der Waals surface area contributed by atoms with Gasteiger partial charge in [-0.25, -0.2) is 4.98 Å². The van der Waals surface area contributed by atoms with Gasteiger partial charge in [-0.1, -0.05) is 12.1 Å². The highest BCUT2D eigenvalue weighted by molar-refractivity contribution is 5.37. The molecular weight excluding hydrogens is 258 g/mol. The summed E-state index contributed by atoms with van der Waals surface area (Å²) in [6, 6.07) is 7.03. The Hall–Kier alpha value is -2.34. The molecule has 0 aliphatic rings. The minimum atomic E-state index is -0.460. The van der Waals surface area contributed by atoms with E-state index in [9.17, 15) is 0 Å². The van der Waals surface area contributed by atoms with Crippen LogP contribution in [0.25, 0.3) is 0 Å². The fourth-order valence-corrected chi connectivity index (χ4v) is 1.82. The molecule has 0 bridgehead atoms. The first kappa shape index (κ1) is 14.1. The van der Waals surface area contributed by atoms with E-state index in [0.717, 1.165) is 11.3 Å². The van der Waals surface area contributed by atoms with Gasteiger partial charge >= 0.3 is 0 Å². The first-order valence-corrected chi connectivity index (χ1v) is 6.04. The van der Waals surface area contributed by atoms with Crippen molar-refractivity contribution in [2.75, 3.05) is 21.3 Å². The molecule has 1 atom stereocenters. The minimum absolute atomic E-state index is 0.347. The van der Waals surface area contributed by atoms with Crippen molar-refractivity contribution in [1.29, 1.82) is 0 Å². The molecule has 1 aromatic heterocycles. The van der Waals surface area contributed by atoms with Crippen molar-refractivity contribution in [2.45, 2.75) is 6.04 Å². The fourth-order valence-electron chi connectivity index (χ4n) is 1.82. The van der Waals surface area contributed by atoms with Crippen LogP contribution >= 0.6 is 0 Å². The Balaban J connectivity index is 2.39.